The third-order valence-corrected chi connectivity index (χ3v) is 4.65. The van der Waals surface area contributed by atoms with E-state index in [0.29, 0.717) is 20.8 Å². The molecule has 0 radical (unpaired) electrons. The smallest absolute Gasteiger partial charge is 0.271 e. The number of nitro groups is 1. The number of nitrogens with zero attached hydrogens (tertiary/aromatic N) is 2. The summed E-state index contributed by atoms with van der Waals surface area (Å²) in [4.78, 5) is 26.9. The molecule has 2 aromatic carbocycles. The molecule has 1 aliphatic heterocycles. The fourth-order valence-corrected chi connectivity index (χ4v) is 3.18. The third-order valence-electron chi connectivity index (χ3n) is 3.18. The first-order valence-corrected chi connectivity index (χ1v) is 8.49. The molecule has 0 saturated carbocycles. The SMILES string of the molecule is O=C1NC(=Nc2ccc([N+](=O)[O-])cc2Cl)S/C1=C/c1ccc(Cl)cc1. The van der Waals surface area contributed by atoms with Crippen molar-refractivity contribution in [2.75, 3.05) is 0 Å². The molecule has 2 aromatic rings. The topological polar surface area (TPSA) is 84.6 Å². The number of benzene rings is 2. The van der Waals surface area contributed by atoms with E-state index in [0.717, 1.165) is 17.3 Å². The van der Waals surface area contributed by atoms with Crippen molar-refractivity contribution in [1.82, 2.24) is 5.32 Å². The summed E-state index contributed by atoms with van der Waals surface area (Å²) in [5, 5.41) is 14.5. The van der Waals surface area contributed by atoms with E-state index in [1.807, 2.05) is 0 Å². The van der Waals surface area contributed by atoms with Crippen LogP contribution in [0.4, 0.5) is 11.4 Å². The molecule has 1 saturated heterocycles. The Morgan fingerprint density at radius 2 is 1.88 bits per heavy atom. The van der Waals surface area contributed by atoms with Crippen LogP contribution in [-0.4, -0.2) is 16.0 Å². The zero-order chi connectivity index (χ0) is 18.0. The molecule has 6 nitrogen and oxygen atoms in total. The fourth-order valence-electron chi connectivity index (χ4n) is 2.00. The molecule has 3 rings (SSSR count). The largest absolute Gasteiger partial charge is 0.300 e. The van der Waals surface area contributed by atoms with Crippen molar-refractivity contribution in [3.63, 3.8) is 0 Å². The summed E-state index contributed by atoms with van der Waals surface area (Å²) in [6, 6.07) is 11.0. The number of amidine groups is 1. The summed E-state index contributed by atoms with van der Waals surface area (Å²) in [6.45, 7) is 0. The molecule has 1 amide bonds. The third kappa shape index (κ3) is 4.19. The van der Waals surface area contributed by atoms with Crippen LogP contribution in [-0.2, 0) is 4.79 Å². The molecular weight excluding hydrogens is 385 g/mol. The highest BCUT2D eigenvalue weighted by Crippen LogP contribution is 2.33. The van der Waals surface area contributed by atoms with Crippen LogP contribution in [0.1, 0.15) is 5.56 Å². The predicted octanol–water partition coefficient (Wildman–Crippen LogP) is 4.79. The summed E-state index contributed by atoms with van der Waals surface area (Å²) in [7, 11) is 0. The van der Waals surface area contributed by atoms with E-state index < -0.39 is 4.92 Å². The van der Waals surface area contributed by atoms with Gasteiger partial charge in [-0.25, -0.2) is 4.99 Å². The van der Waals surface area contributed by atoms with E-state index >= 15 is 0 Å². The molecule has 0 atom stereocenters. The van der Waals surface area contributed by atoms with Gasteiger partial charge in [-0.3, -0.25) is 14.9 Å². The maximum atomic E-state index is 12.0. The number of hydrogen-bond donors (Lipinski definition) is 1. The maximum absolute atomic E-state index is 12.0. The molecule has 0 spiro atoms. The van der Waals surface area contributed by atoms with Gasteiger partial charge in [-0.15, -0.1) is 0 Å². The van der Waals surface area contributed by atoms with Crippen molar-refractivity contribution in [2.24, 2.45) is 4.99 Å². The molecule has 0 bridgehead atoms. The highest BCUT2D eigenvalue weighted by Gasteiger charge is 2.24. The van der Waals surface area contributed by atoms with Gasteiger partial charge in [0.2, 0.25) is 0 Å². The van der Waals surface area contributed by atoms with Gasteiger partial charge in [-0.05, 0) is 41.6 Å². The van der Waals surface area contributed by atoms with Gasteiger partial charge >= 0.3 is 0 Å². The molecule has 25 heavy (non-hydrogen) atoms. The van der Waals surface area contributed by atoms with Crippen LogP contribution in [0.25, 0.3) is 6.08 Å². The molecule has 126 valence electrons. The van der Waals surface area contributed by atoms with Crippen LogP contribution < -0.4 is 5.32 Å². The standard InChI is InChI=1S/C16H9Cl2N3O3S/c17-10-3-1-9(2-4-10)7-14-15(22)20-16(25-14)19-13-6-5-11(21(23)24)8-12(13)18/h1-8H,(H,19,20,22)/b14-7+. The highest BCUT2D eigenvalue weighted by atomic mass is 35.5. The van der Waals surface area contributed by atoms with Gasteiger partial charge in [0.1, 0.15) is 0 Å². The van der Waals surface area contributed by atoms with Crippen LogP contribution in [0, 0.1) is 10.1 Å². The molecule has 1 N–H and O–H groups in total. The molecule has 1 heterocycles. The zero-order valence-corrected chi connectivity index (χ0v) is 14.7. The number of nitro benzene ring substituents is 1. The Morgan fingerprint density at radius 3 is 2.52 bits per heavy atom. The molecular formula is C16H9Cl2N3O3S. The highest BCUT2D eigenvalue weighted by molar-refractivity contribution is 8.18. The number of non-ortho nitro benzene ring substituents is 1. The molecule has 0 unspecified atom stereocenters. The lowest BCUT2D eigenvalue weighted by atomic mass is 10.2. The average Bonchev–Trinajstić information content (AvgIpc) is 2.91. The van der Waals surface area contributed by atoms with Crippen LogP contribution in [0.15, 0.2) is 52.4 Å². The second-order valence-electron chi connectivity index (χ2n) is 4.93. The summed E-state index contributed by atoms with van der Waals surface area (Å²) >= 11 is 13.0. The maximum Gasteiger partial charge on any atom is 0.271 e. The molecule has 0 aromatic heterocycles. The number of aliphatic imine (C=N–C) groups is 1. The second-order valence-corrected chi connectivity index (χ2v) is 6.80. The first-order valence-electron chi connectivity index (χ1n) is 6.91. The first kappa shape index (κ1) is 17.5. The van der Waals surface area contributed by atoms with Gasteiger partial charge in [0.05, 0.1) is 20.5 Å². The van der Waals surface area contributed by atoms with E-state index in [-0.39, 0.29) is 16.6 Å². The summed E-state index contributed by atoms with van der Waals surface area (Å²) in [5.41, 5.74) is 1.04. The molecule has 1 aliphatic rings. The number of carbonyl (C=O) groups is 1. The van der Waals surface area contributed by atoms with Crippen LogP contribution in [0.2, 0.25) is 10.0 Å². The molecule has 1 fully saturated rings. The summed E-state index contributed by atoms with van der Waals surface area (Å²) in [5.74, 6) is -0.281. The minimum atomic E-state index is -0.540. The first-order chi connectivity index (χ1) is 11.9. The number of thioether (sulfide) groups is 1. The fraction of sp³-hybridized carbons (Fsp3) is 0. The van der Waals surface area contributed by atoms with Crippen LogP contribution >= 0.6 is 35.0 Å². The van der Waals surface area contributed by atoms with Gasteiger partial charge in [0, 0.05) is 17.2 Å². The van der Waals surface area contributed by atoms with Crippen molar-refractivity contribution in [1.29, 1.82) is 0 Å². The average molecular weight is 394 g/mol. The lowest BCUT2D eigenvalue weighted by Crippen LogP contribution is -2.19. The van der Waals surface area contributed by atoms with E-state index in [9.17, 15) is 14.9 Å². The van der Waals surface area contributed by atoms with E-state index in [1.54, 1.807) is 30.3 Å². The van der Waals surface area contributed by atoms with Gasteiger partial charge in [-0.2, -0.15) is 0 Å². The quantitative estimate of drug-likeness (QED) is 0.461. The van der Waals surface area contributed by atoms with Gasteiger partial charge < -0.3 is 5.32 Å². The van der Waals surface area contributed by atoms with Gasteiger partial charge in [0.15, 0.2) is 5.17 Å². The monoisotopic (exact) mass is 393 g/mol. The Bertz CT molecular complexity index is 927. The number of halogens is 2. The number of nitrogens with one attached hydrogen (secondary N) is 1. The Labute approximate surface area is 156 Å². The lowest BCUT2D eigenvalue weighted by Gasteiger charge is -1.99. The lowest BCUT2D eigenvalue weighted by molar-refractivity contribution is -0.384. The van der Waals surface area contributed by atoms with E-state index in [1.165, 1.54) is 18.2 Å². The number of amides is 1. The summed E-state index contributed by atoms with van der Waals surface area (Å²) < 4.78 is 0. The zero-order valence-electron chi connectivity index (χ0n) is 12.4. The van der Waals surface area contributed by atoms with Gasteiger partial charge in [-0.1, -0.05) is 35.3 Å². The van der Waals surface area contributed by atoms with E-state index in [4.69, 9.17) is 23.2 Å². The Morgan fingerprint density at radius 1 is 1.16 bits per heavy atom. The second kappa shape index (κ2) is 7.26. The number of rotatable bonds is 3. The normalized spacial score (nSPS) is 17.1. The Balaban J connectivity index is 1.83. The Hall–Kier alpha value is -2.35. The number of carbonyl (C=O) groups excluding carboxylic acids is 1. The number of hydrogen-bond acceptors (Lipinski definition) is 5. The van der Waals surface area contributed by atoms with Gasteiger partial charge in [0.25, 0.3) is 11.6 Å². The minimum absolute atomic E-state index is 0.125. The van der Waals surface area contributed by atoms with Crippen molar-refractivity contribution in [3.8, 4) is 0 Å². The van der Waals surface area contributed by atoms with Crippen LogP contribution in [0.3, 0.4) is 0 Å². The van der Waals surface area contributed by atoms with Crippen molar-refractivity contribution in [3.05, 3.63) is 73.1 Å². The van der Waals surface area contributed by atoms with Crippen molar-refractivity contribution < 1.29 is 9.72 Å². The Kier molecular flexibility index (Phi) is 5.08. The predicted molar refractivity (Wildman–Crippen MR) is 100 cm³/mol. The van der Waals surface area contributed by atoms with Crippen molar-refractivity contribution in [2.45, 2.75) is 0 Å². The minimum Gasteiger partial charge on any atom is -0.300 e. The van der Waals surface area contributed by atoms with E-state index in [2.05, 4.69) is 10.3 Å². The van der Waals surface area contributed by atoms with Crippen molar-refractivity contribution >= 4 is 63.5 Å². The molecule has 0 aliphatic carbocycles. The summed E-state index contributed by atoms with van der Waals surface area (Å²) in [6.07, 6.45) is 1.72. The molecule has 9 heteroatoms. The van der Waals surface area contributed by atoms with Crippen LogP contribution in [0.5, 0.6) is 0 Å².